The first-order valence-corrected chi connectivity index (χ1v) is 6.33. The molecule has 0 spiro atoms. The van der Waals surface area contributed by atoms with Crippen LogP contribution in [0, 0.1) is 5.92 Å². The predicted molar refractivity (Wildman–Crippen MR) is 72.8 cm³/mol. The molecule has 0 heterocycles. The molecule has 0 bridgehead atoms. The van der Waals surface area contributed by atoms with Crippen molar-refractivity contribution >= 4 is 17.3 Å². The van der Waals surface area contributed by atoms with E-state index >= 15 is 0 Å². The van der Waals surface area contributed by atoms with Crippen LogP contribution in [-0.2, 0) is 4.79 Å². The van der Waals surface area contributed by atoms with E-state index in [1.807, 2.05) is 12.1 Å². The lowest BCUT2D eigenvalue weighted by Gasteiger charge is -2.14. The van der Waals surface area contributed by atoms with Gasteiger partial charge in [0.1, 0.15) is 0 Å². The third-order valence-electron chi connectivity index (χ3n) is 2.95. The number of anilines is 2. The Morgan fingerprint density at radius 1 is 1.29 bits per heavy atom. The molecule has 3 N–H and O–H groups in total. The molecule has 0 saturated heterocycles. The van der Waals surface area contributed by atoms with E-state index in [4.69, 9.17) is 5.73 Å². The summed E-state index contributed by atoms with van der Waals surface area (Å²) in [4.78, 5) is 12.0. The van der Waals surface area contributed by atoms with E-state index in [9.17, 15) is 4.79 Å². The summed E-state index contributed by atoms with van der Waals surface area (Å²) in [5.41, 5.74) is 7.12. The van der Waals surface area contributed by atoms with Crippen molar-refractivity contribution < 1.29 is 4.79 Å². The van der Waals surface area contributed by atoms with Crippen LogP contribution in [0.4, 0.5) is 11.4 Å². The molecule has 1 amide bonds. The van der Waals surface area contributed by atoms with Crippen LogP contribution in [0.5, 0.6) is 0 Å². The number of hydrogen-bond acceptors (Lipinski definition) is 2. The quantitative estimate of drug-likeness (QED) is 0.741. The van der Waals surface area contributed by atoms with Crippen LogP contribution in [0.3, 0.4) is 0 Å². The molecule has 3 nitrogen and oxygen atoms in total. The van der Waals surface area contributed by atoms with Crippen LogP contribution in [0.2, 0.25) is 0 Å². The lowest BCUT2D eigenvalue weighted by atomic mass is 9.98. The predicted octanol–water partition coefficient (Wildman–Crippen LogP) is 3.42. The van der Waals surface area contributed by atoms with E-state index < -0.39 is 0 Å². The number of benzene rings is 1. The Morgan fingerprint density at radius 3 is 2.47 bits per heavy atom. The van der Waals surface area contributed by atoms with Gasteiger partial charge in [-0.15, -0.1) is 0 Å². The van der Waals surface area contributed by atoms with Gasteiger partial charge in [-0.3, -0.25) is 4.79 Å². The molecule has 1 rings (SSSR count). The second kappa shape index (κ2) is 6.94. The number of amides is 1. The molecule has 0 saturated carbocycles. The van der Waals surface area contributed by atoms with Gasteiger partial charge < -0.3 is 11.1 Å². The maximum absolute atomic E-state index is 12.0. The van der Waals surface area contributed by atoms with Crippen molar-refractivity contribution in [2.45, 2.75) is 39.5 Å². The third kappa shape index (κ3) is 4.47. The van der Waals surface area contributed by atoms with Crippen LogP contribution in [0.15, 0.2) is 24.3 Å². The van der Waals surface area contributed by atoms with Crippen molar-refractivity contribution in [2.75, 3.05) is 11.1 Å². The van der Waals surface area contributed by atoms with Gasteiger partial charge in [0.05, 0.1) is 0 Å². The molecule has 0 unspecified atom stereocenters. The molecular formula is C14H22N2O. The Bertz CT molecular complexity index is 346. The van der Waals surface area contributed by atoms with Gasteiger partial charge in [-0.05, 0) is 37.1 Å². The van der Waals surface area contributed by atoms with Gasteiger partial charge in [-0.2, -0.15) is 0 Å². The summed E-state index contributed by atoms with van der Waals surface area (Å²) in [7, 11) is 0. The number of rotatable bonds is 6. The molecule has 3 heteroatoms. The highest BCUT2D eigenvalue weighted by Gasteiger charge is 2.15. The largest absolute Gasteiger partial charge is 0.399 e. The SMILES string of the molecule is CCCC[C@H](CC)C(=O)Nc1ccc(N)cc1. The van der Waals surface area contributed by atoms with Crippen molar-refractivity contribution in [2.24, 2.45) is 5.92 Å². The minimum absolute atomic E-state index is 0.116. The molecule has 17 heavy (non-hydrogen) atoms. The standard InChI is InChI=1S/C14H22N2O/c1-3-5-6-11(4-2)14(17)16-13-9-7-12(15)8-10-13/h7-11H,3-6,15H2,1-2H3,(H,16,17)/t11-/m0/s1. The first-order valence-electron chi connectivity index (χ1n) is 6.33. The highest BCUT2D eigenvalue weighted by Crippen LogP contribution is 2.17. The Hall–Kier alpha value is -1.51. The van der Waals surface area contributed by atoms with Gasteiger partial charge in [0.15, 0.2) is 0 Å². The van der Waals surface area contributed by atoms with E-state index in [-0.39, 0.29) is 11.8 Å². The Morgan fingerprint density at radius 2 is 1.94 bits per heavy atom. The number of nitrogens with one attached hydrogen (secondary N) is 1. The molecule has 0 aliphatic rings. The summed E-state index contributed by atoms with van der Waals surface area (Å²) < 4.78 is 0. The highest BCUT2D eigenvalue weighted by atomic mass is 16.1. The van der Waals surface area contributed by atoms with Gasteiger partial charge in [0, 0.05) is 17.3 Å². The minimum Gasteiger partial charge on any atom is -0.399 e. The fourth-order valence-corrected chi connectivity index (χ4v) is 1.78. The molecule has 0 aliphatic heterocycles. The zero-order valence-electron chi connectivity index (χ0n) is 10.7. The Kier molecular flexibility index (Phi) is 5.53. The molecule has 94 valence electrons. The molecule has 0 aliphatic carbocycles. The Labute approximate surface area is 103 Å². The maximum atomic E-state index is 12.0. The van der Waals surface area contributed by atoms with Gasteiger partial charge in [0.2, 0.25) is 5.91 Å². The average Bonchev–Trinajstić information content (AvgIpc) is 2.33. The lowest BCUT2D eigenvalue weighted by molar-refractivity contribution is -0.120. The molecular weight excluding hydrogens is 212 g/mol. The maximum Gasteiger partial charge on any atom is 0.227 e. The zero-order chi connectivity index (χ0) is 12.7. The number of carbonyl (C=O) groups is 1. The van der Waals surface area contributed by atoms with E-state index in [0.29, 0.717) is 5.69 Å². The number of hydrogen-bond donors (Lipinski definition) is 2. The normalized spacial score (nSPS) is 12.1. The monoisotopic (exact) mass is 234 g/mol. The summed E-state index contributed by atoms with van der Waals surface area (Å²) in [5, 5.41) is 2.93. The van der Waals surface area contributed by atoms with Crippen molar-refractivity contribution in [3.8, 4) is 0 Å². The van der Waals surface area contributed by atoms with Crippen LogP contribution in [0.1, 0.15) is 39.5 Å². The van der Waals surface area contributed by atoms with Gasteiger partial charge in [-0.1, -0.05) is 26.7 Å². The van der Waals surface area contributed by atoms with Crippen molar-refractivity contribution in [3.63, 3.8) is 0 Å². The molecule has 1 aromatic carbocycles. The first kappa shape index (κ1) is 13.6. The summed E-state index contributed by atoms with van der Waals surface area (Å²) in [6.07, 6.45) is 4.09. The van der Waals surface area contributed by atoms with E-state index in [1.54, 1.807) is 12.1 Å². The van der Waals surface area contributed by atoms with Crippen molar-refractivity contribution in [1.82, 2.24) is 0 Å². The van der Waals surface area contributed by atoms with Crippen LogP contribution in [-0.4, -0.2) is 5.91 Å². The van der Waals surface area contributed by atoms with Crippen LogP contribution < -0.4 is 11.1 Å². The van der Waals surface area contributed by atoms with E-state index in [2.05, 4.69) is 19.2 Å². The van der Waals surface area contributed by atoms with E-state index in [0.717, 1.165) is 31.4 Å². The number of nitrogens with two attached hydrogens (primary N) is 1. The molecule has 0 aromatic heterocycles. The van der Waals surface area contributed by atoms with Gasteiger partial charge in [0.25, 0.3) is 0 Å². The number of carbonyl (C=O) groups excluding carboxylic acids is 1. The lowest BCUT2D eigenvalue weighted by Crippen LogP contribution is -2.22. The number of unbranched alkanes of at least 4 members (excludes halogenated alkanes) is 1. The second-order valence-electron chi connectivity index (χ2n) is 4.36. The average molecular weight is 234 g/mol. The second-order valence-corrected chi connectivity index (χ2v) is 4.36. The summed E-state index contributed by atoms with van der Waals surface area (Å²) in [6, 6.07) is 7.25. The van der Waals surface area contributed by atoms with Crippen molar-refractivity contribution in [3.05, 3.63) is 24.3 Å². The van der Waals surface area contributed by atoms with Crippen LogP contribution >= 0.6 is 0 Å². The van der Waals surface area contributed by atoms with E-state index in [1.165, 1.54) is 0 Å². The summed E-state index contributed by atoms with van der Waals surface area (Å²) in [5.74, 6) is 0.234. The molecule has 0 radical (unpaired) electrons. The third-order valence-corrected chi connectivity index (χ3v) is 2.95. The molecule has 1 atom stereocenters. The van der Waals surface area contributed by atoms with Gasteiger partial charge in [-0.25, -0.2) is 0 Å². The molecule has 1 aromatic rings. The topological polar surface area (TPSA) is 55.1 Å². The van der Waals surface area contributed by atoms with Gasteiger partial charge >= 0.3 is 0 Å². The zero-order valence-corrected chi connectivity index (χ0v) is 10.7. The highest BCUT2D eigenvalue weighted by molar-refractivity contribution is 5.92. The summed E-state index contributed by atoms with van der Waals surface area (Å²) in [6.45, 7) is 4.20. The smallest absolute Gasteiger partial charge is 0.227 e. The fraction of sp³-hybridized carbons (Fsp3) is 0.500. The number of nitrogen functional groups attached to an aromatic ring is 1. The fourth-order valence-electron chi connectivity index (χ4n) is 1.78. The first-order chi connectivity index (χ1) is 8.17. The summed E-state index contributed by atoms with van der Waals surface area (Å²) >= 11 is 0. The minimum atomic E-state index is 0.116. The van der Waals surface area contributed by atoms with Crippen molar-refractivity contribution in [1.29, 1.82) is 0 Å². The van der Waals surface area contributed by atoms with Crippen LogP contribution in [0.25, 0.3) is 0 Å². The Balaban J connectivity index is 2.54. The molecule has 0 fully saturated rings.